The molecule has 2 rings (SSSR count). The van der Waals surface area contributed by atoms with Gasteiger partial charge in [-0.15, -0.1) is 0 Å². The van der Waals surface area contributed by atoms with Crippen molar-refractivity contribution in [3.05, 3.63) is 23.8 Å². The van der Waals surface area contributed by atoms with Gasteiger partial charge in [0.05, 0.1) is 18.8 Å². The number of anilines is 1. The van der Waals surface area contributed by atoms with E-state index in [2.05, 4.69) is 0 Å². The summed E-state index contributed by atoms with van der Waals surface area (Å²) >= 11 is 0. The lowest BCUT2D eigenvalue weighted by atomic mass is 10.1. The highest BCUT2D eigenvalue weighted by molar-refractivity contribution is 5.97. The van der Waals surface area contributed by atoms with Crippen LogP contribution in [-0.2, 0) is 4.74 Å². The van der Waals surface area contributed by atoms with Crippen molar-refractivity contribution in [2.75, 3.05) is 33.0 Å². The van der Waals surface area contributed by atoms with E-state index in [1.807, 2.05) is 0 Å². The SMILES string of the molecule is COc1ccc(N)cc1C(=O)N(C)CC1CCCO1. The first-order chi connectivity index (χ1) is 9.11. The van der Waals surface area contributed by atoms with Gasteiger partial charge in [-0.2, -0.15) is 0 Å². The Morgan fingerprint density at radius 2 is 2.37 bits per heavy atom. The number of nitrogens with two attached hydrogens (primary N) is 1. The average molecular weight is 264 g/mol. The van der Waals surface area contributed by atoms with Gasteiger partial charge in [0, 0.05) is 25.9 Å². The van der Waals surface area contributed by atoms with Gasteiger partial charge in [0.2, 0.25) is 0 Å². The van der Waals surface area contributed by atoms with Crippen LogP contribution in [0.4, 0.5) is 5.69 Å². The second kappa shape index (κ2) is 5.93. The summed E-state index contributed by atoms with van der Waals surface area (Å²) in [5.41, 5.74) is 6.77. The van der Waals surface area contributed by atoms with E-state index in [1.165, 1.54) is 0 Å². The first-order valence-corrected chi connectivity index (χ1v) is 6.42. The third kappa shape index (κ3) is 3.17. The maximum absolute atomic E-state index is 12.4. The molecule has 1 aromatic rings. The quantitative estimate of drug-likeness (QED) is 0.838. The number of amides is 1. The van der Waals surface area contributed by atoms with E-state index < -0.39 is 0 Å². The van der Waals surface area contributed by atoms with E-state index >= 15 is 0 Å². The van der Waals surface area contributed by atoms with Gasteiger partial charge in [0.15, 0.2) is 0 Å². The lowest BCUT2D eigenvalue weighted by Gasteiger charge is -2.22. The summed E-state index contributed by atoms with van der Waals surface area (Å²) in [5, 5.41) is 0. The van der Waals surface area contributed by atoms with Crippen LogP contribution < -0.4 is 10.5 Å². The Balaban J connectivity index is 2.11. The molecule has 1 aliphatic heterocycles. The number of benzene rings is 1. The van der Waals surface area contributed by atoms with Crippen LogP contribution in [0.25, 0.3) is 0 Å². The molecular weight excluding hydrogens is 244 g/mol. The molecule has 1 amide bonds. The molecule has 19 heavy (non-hydrogen) atoms. The molecule has 0 radical (unpaired) electrons. The molecule has 2 N–H and O–H groups in total. The smallest absolute Gasteiger partial charge is 0.257 e. The van der Waals surface area contributed by atoms with Crippen LogP contribution in [0.2, 0.25) is 0 Å². The summed E-state index contributed by atoms with van der Waals surface area (Å²) in [7, 11) is 3.31. The second-order valence-corrected chi connectivity index (χ2v) is 4.78. The van der Waals surface area contributed by atoms with Crippen molar-refractivity contribution in [3.63, 3.8) is 0 Å². The highest BCUT2D eigenvalue weighted by atomic mass is 16.5. The number of rotatable bonds is 4. The average Bonchev–Trinajstić information content (AvgIpc) is 2.90. The van der Waals surface area contributed by atoms with Crippen molar-refractivity contribution in [1.82, 2.24) is 4.90 Å². The topological polar surface area (TPSA) is 64.8 Å². The second-order valence-electron chi connectivity index (χ2n) is 4.78. The molecule has 5 nitrogen and oxygen atoms in total. The molecule has 1 aromatic carbocycles. The molecule has 0 spiro atoms. The van der Waals surface area contributed by atoms with E-state index in [0.29, 0.717) is 23.5 Å². The Kier molecular flexibility index (Phi) is 4.27. The molecular formula is C14H20N2O3. The Hall–Kier alpha value is -1.75. The molecule has 1 saturated heterocycles. The molecule has 5 heteroatoms. The lowest BCUT2D eigenvalue weighted by Crippen LogP contribution is -2.34. The summed E-state index contributed by atoms with van der Waals surface area (Å²) in [6, 6.07) is 5.07. The highest BCUT2D eigenvalue weighted by Gasteiger charge is 2.22. The van der Waals surface area contributed by atoms with Gasteiger partial charge < -0.3 is 20.1 Å². The van der Waals surface area contributed by atoms with Crippen LogP contribution >= 0.6 is 0 Å². The van der Waals surface area contributed by atoms with Crippen LogP contribution in [0, 0.1) is 0 Å². The van der Waals surface area contributed by atoms with Crippen LogP contribution in [-0.4, -0.2) is 44.2 Å². The normalized spacial score (nSPS) is 18.3. The van der Waals surface area contributed by atoms with Crippen molar-refractivity contribution in [1.29, 1.82) is 0 Å². The zero-order valence-electron chi connectivity index (χ0n) is 11.4. The van der Waals surface area contributed by atoms with Crippen molar-refractivity contribution >= 4 is 11.6 Å². The number of likely N-dealkylation sites (N-methyl/N-ethyl adjacent to an activating group) is 1. The third-order valence-corrected chi connectivity index (χ3v) is 3.30. The van der Waals surface area contributed by atoms with Crippen molar-refractivity contribution < 1.29 is 14.3 Å². The monoisotopic (exact) mass is 264 g/mol. The molecule has 104 valence electrons. The van der Waals surface area contributed by atoms with E-state index in [4.69, 9.17) is 15.2 Å². The number of nitrogens with zero attached hydrogens (tertiary/aromatic N) is 1. The Morgan fingerprint density at radius 3 is 3.00 bits per heavy atom. The Labute approximate surface area is 113 Å². The van der Waals surface area contributed by atoms with Gasteiger partial charge in [-0.05, 0) is 31.0 Å². The molecule has 1 aliphatic rings. The van der Waals surface area contributed by atoms with Gasteiger partial charge >= 0.3 is 0 Å². The molecule has 0 saturated carbocycles. The third-order valence-electron chi connectivity index (χ3n) is 3.30. The van der Waals surface area contributed by atoms with E-state index in [0.717, 1.165) is 19.4 Å². The summed E-state index contributed by atoms with van der Waals surface area (Å²) in [4.78, 5) is 14.1. The van der Waals surface area contributed by atoms with Crippen LogP contribution in [0.3, 0.4) is 0 Å². The minimum Gasteiger partial charge on any atom is -0.496 e. The van der Waals surface area contributed by atoms with E-state index in [-0.39, 0.29) is 12.0 Å². The van der Waals surface area contributed by atoms with Crippen molar-refractivity contribution in [2.45, 2.75) is 18.9 Å². The first kappa shape index (κ1) is 13.7. The zero-order valence-corrected chi connectivity index (χ0v) is 11.4. The van der Waals surface area contributed by atoms with Gasteiger partial charge in [0.1, 0.15) is 5.75 Å². The fraction of sp³-hybridized carbons (Fsp3) is 0.500. The minimum atomic E-state index is -0.0975. The Morgan fingerprint density at radius 1 is 1.58 bits per heavy atom. The number of hydrogen-bond acceptors (Lipinski definition) is 4. The van der Waals surface area contributed by atoms with E-state index in [9.17, 15) is 4.79 Å². The molecule has 1 unspecified atom stereocenters. The molecule has 0 aromatic heterocycles. The maximum Gasteiger partial charge on any atom is 0.257 e. The number of ether oxygens (including phenoxy) is 2. The Bertz CT molecular complexity index is 456. The van der Waals surface area contributed by atoms with Gasteiger partial charge in [-0.1, -0.05) is 0 Å². The summed E-state index contributed by atoms with van der Waals surface area (Å²) in [5.74, 6) is 0.443. The number of carbonyl (C=O) groups excluding carboxylic acids is 1. The zero-order chi connectivity index (χ0) is 13.8. The first-order valence-electron chi connectivity index (χ1n) is 6.42. The molecule has 1 atom stereocenters. The molecule has 0 bridgehead atoms. The lowest BCUT2D eigenvalue weighted by molar-refractivity contribution is 0.0584. The highest BCUT2D eigenvalue weighted by Crippen LogP contribution is 2.23. The summed E-state index contributed by atoms with van der Waals surface area (Å²) < 4.78 is 10.7. The number of hydrogen-bond donors (Lipinski definition) is 1. The fourth-order valence-electron chi connectivity index (χ4n) is 2.28. The van der Waals surface area contributed by atoms with Crippen LogP contribution in [0.5, 0.6) is 5.75 Å². The molecule has 1 heterocycles. The van der Waals surface area contributed by atoms with Crippen molar-refractivity contribution in [2.24, 2.45) is 0 Å². The maximum atomic E-state index is 12.4. The number of nitrogen functional groups attached to an aromatic ring is 1. The molecule has 0 aliphatic carbocycles. The van der Waals surface area contributed by atoms with Crippen LogP contribution in [0.1, 0.15) is 23.2 Å². The molecule has 1 fully saturated rings. The van der Waals surface area contributed by atoms with Crippen molar-refractivity contribution in [3.8, 4) is 5.75 Å². The predicted molar refractivity (Wildman–Crippen MR) is 73.3 cm³/mol. The summed E-state index contributed by atoms with van der Waals surface area (Å²) in [6.07, 6.45) is 2.21. The minimum absolute atomic E-state index is 0.0975. The summed E-state index contributed by atoms with van der Waals surface area (Å²) in [6.45, 7) is 1.38. The van der Waals surface area contributed by atoms with Gasteiger partial charge in [-0.3, -0.25) is 4.79 Å². The number of carbonyl (C=O) groups is 1. The number of methoxy groups -OCH3 is 1. The standard InChI is InChI=1S/C14H20N2O3/c1-16(9-11-4-3-7-19-11)14(17)12-8-10(15)5-6-13(12)18-2/h5-6,8,11H,3-4,7,9,15H2,1-2H3. The largest absolute Gasteiger partial charge is 0.496 e. The van der Waals surface area contributed by atoms with E-state index in [1.54, 1.807) is 37.3 Å². The fourth-order valence-corrected chi connectivity index (χ4v) is 2.28. The van der Waals surface area contributed by atoms with Crippen LogP contribution in [0.15, 0.2) is 18.2 Å². The van der Waals surface area contributed by atoms with Gasteiger partial charge in [-0.25, -0.2) is 0 Å². The van der Waals surface area contributed by atoms with Gasteiger partial charge in [0.25, 0.3) is 5.91 Å². The predicted octanol–water partition coefficient (Wildman–Crippen LogP) is 1.53.